The number of hydrogen-bond donors (Lipinski definition) is 0. The molecule has 0 bridgehead atoms. The topological polar surface area (TPSA) is 70.9 Å². The molecule has 0 N–H and O–H groups in total. The molecule has 0 saturated carbocycles. The highest BCUT2D eigenvalue weighted by Gasteiger charge is 2.51. The number of hydrogen-bond acceptors (Lipinski definition) is 5. The Balaban J connectivity index is 1.22. The fraction of sp³-hybridized carbons (Fsp3) is 0.682. The van der Waals surface area contributed by atoms with Gasteiger partial charge in [0.25, 0.3) is 0 Å². The van der Waals surface area contributed by atoms with Crippen LogP contribution in [0.15, 0.2) is 24.0 Å². The number of aromatic nitrogens is 2. The molecule has 3 atom stereocenters. The monoisotopic (exact) mass is 449 g/mol. The molecule has 1 aliphatic carbocycles. The number of alkyl halides is 2. The number of carbonyl (C=O) groups is 2. The van der Waals surface area contributed by atoms with Gasteiger partial charge in [-0.25, -0.2) is 9.78 Å². The van der Waals surface area contributed by atoms with Gasteiger partial charge in [-0.3, -0.25) is 19.2 Å². The van der Waals surface area contributed by atoms with Gasteiger partial charge in [-0.05, 0) is 32.1 Å². The Morgan fingerprint density at radius 3 is 2.94 bits per heavy atom. The van der Waals surface area contributed by atoms with Gasteiger partial charge in [-0.2, -0.15) is 8.78 Å². The van der Waals surface area contributed by atoms with E-state index in [-0.39, 0.29) is 36.7 Å². The third-order valence-corrected chi connectivity index (χ3v) is 7.12. The lowest BCUT2D eigenvalue weighted by Gasteiger charge is -2.28. The number of allylic oxidation sites excluding steroid dienone is 1. The maximum absolute atomic E-state index is 13.1. The largest absolute Gasteiger partial charge is 0.442 e. The molecular weight excluding hydrogens is 420 g/mol. The number of carbonyl (C=O) groups excluding carboxylic acids is 2. The number of amides is 2. The van der Waals surface area contributed by atoms with Crippen LogP contribution in [0.1, 0.15) is 50.9 Å². The van der Waals surface area contributed by atoms with Crippen LogP contribution in [-0.2, 0) is 16.1 Å². The van der Waals surface area contributed by atoms with Gasteiger partial charge >= 0.3 is 12.6 Å². The van der Waals surface area contributed by atoms with Crippen LogP contribution in [0.25, 0.3) is 0 Å². The van der Waals surface area contributed by atoms with Crippen LogP contribution in [-0.4, -0.2) is 80.6 Å². The number of rotatable bonds is 5. The van der Waals surface area contributed by atoms with Gasteiger partial charge in [0, 0.05) is 44.1 Å². The minimum absolute atomic E-state index is 0.0733. The Morgan fingerprint density at radius 2 is 2.09 bits per heavy atom. The van der Waals surface area contributed by atoms with Crippen LogP contribution in [0.3, 0.4) is 0 Å². The van der Waals surface area contributed by atoms with E-state index in [9.17, 15) is 18.4 Å². The first-order chi connectivity index (χ1) is 15.5. The predicted octanol–water partition coefficient (Wildman–Crippen LogP) is 2.77. The zero-order valence-corrected chi connectivity index (χ0v) is 18.0. The standard InChI is InChI=1S/C22H29F2N5O3/c23-21(24)28-10-8-25-19(28)14-26-12-17-18(13-26)32-22(31)29(17)16-7-9-27(11-16)20(30)15-5-3-1-2-4-6-15/h5,8,10,16-18,21H,1-4,6-7,9,11-14H2/t16?,17-,18+/m1/s1. The maximum atomic E-state index is 13.1. The number of halogens is 2. The van der Waals surface area contributed by atoms with Gasteiger partial charge in [0.1, 0.15) is 11.9 Å². The summed E-state index contributed by atoms with van der Waals surface area (Å²) in [6.45, 7) is -0.163. The normalized spacial score (nSPS) is 28.8. The molecule has 0 spiro atoms. The second kappa shape index (κ2) is 8.80. The van der Waals surface area contributed by atoms with E-state index in [1.165, 1.54) is 12.4 Å². The Hall–Kier alpha value is -2.49. The molecule has 174 valence electrons. The number of imidazole rings is 1. The van der Waals surface area contributed by atoms with Crippen molar-refractivity contribution in [3.8, 4) is 0 Å². The van der Waals surface area contributed by atoms with E-state index in [1.807, 2.05) is 9.80 Å². The van der Waals surface area contributed by atoms with Crippen molar-refractivity contribution in [1.29, 1.82) is 0 Å². The minimum atomic E-state index is -2.63. The fourth-order valence-electron chi connectivity index (χ4n) is 5.50. The van der Waals surface area contributed by atoms with Crippen molar-refractivity contribution in [2.24, 2.45) is 0 Å². The molecule has 32 heavy (non-hydrogen) atoms. The maximum Gasteiger partial charge on any atom is 0.410 e. The van der Waals surface area contributed by atoms with Crippen molar-refractivity contribution in [3.05, 3.63) is 29.9 Å². The zero-order chi connectivity index (χ0) is 22.2. The predicted molar refractivity (Wildman–Crippen MR) is 111 cm³/mol. The second-order valence-electron chi connectivity index (χ2n) is 9.14. The highest BCUT2D eigenvalue weighted by atomic mass is 19.3. The van der Waals surface area contributed by atoms with E-state index in [4.69, 9.17) is 4.74 Å². The minimum Gasteiger partial charge on any atom is -0.442 e. The molecule has 4 aliphatic rings. The molecule has 2 amide bonds. The lowest BCUT2D eigenvalue weighted by molar-refractivity contribution is -0.126. The van der Waals surface area contributed by atoms with E-state index < -0.39 is 6.55 Å². The SMILES string of the molecule is O=C(C1=CCCCCC1)N1CCC(N2C(=O)O[C@H]3CN(Cc4nccn4C(F)F)C[C@H]32)C1. The summed E-state index contributed by atoms with van der Waals surface area (Å²) in [6, 6.07) is -0.203. The Morgan fingerprint density at radius 1 is 1.22 bits per heavy atom. The summed E-state index contributed by atoms with van der Waals surface area (Å²) >= 11 is 0. The summed E-state index contributed by atoms with van der Waals surface area (Å²) in [5.74, 6) is 0.401. The molecule has 4 heterocycles. The summed E-state index contributed by atoms with van der Waals surface area (Å²) in [4.78, 5) is 35.3. The highest BCUT2D eigenvalue weighted by molar-refractivity contribution is 5.93. The number of ether oxygens (including phenoxy) is 1. The summed E-state index contributed by atoms with van der Waals surface area (Å²) < 4.78 is 32.7. The third-order valence-electron chi connectivity index (χ3n) is 7.12. The second-order valence-corrected chi connectivity index (χ2v) is 9.14. The quantitative estimate of drug-likeness (QED) is 0.692. The molecule has 3 aliphatic heterocycles. The van der Waals surface area contributed by atoms with Crippen molar-refractivity contribution in [1.82, 2.24) is 24.3 Å². The van der Waals surface area contributed by atoms with E-state index >= 15 is 0 Å². The first kappa shape index (κ1) is 21.4. The molecule has 8 nitrogen and oxygen atoms in total. The molecular formula is C22H29F2N5O3. The number of fused-ring (bicyclic) bond motifs is 1. The fourth-order valence-corrected chi connectivity index (χ4v) is 5.50. The van der Waals surface area contributed by atoms with E-state index in [0.29, 0.717) is 32.0 Å². The van der Waals surface area contributed by atoms with Crippen LogP contribution in [0.5, 0.6) is 0 Å². The van der Waals surface area contributed by atoms with Crippen LogP contribution < -0.4 is 0 Å². The third kappa shape index (κ3) is 4.00. The summed E-state index contributed by atoms with van der Waals surface area (Å²) in [6.07, 6.45) is 9.98. The van der Waals surface area contributed by atoms with Crippen molar-refractivity contribution in [2.45, 2.75) is 69.8 Å². The van der Waals surface area contributed by atoms with Crippen molar-refractivity contribution >= 4 is 12.0 Å². The van der Waals surface area contributed by atoms with E-state index in [2.05, 4.69) is 11.1 Å². The first-order valence-electron chi connectivity index (χ1n) is 11.5. The van der Waals surface area contributed by atoms with Crippen LogP contribution >= 0.6 is 0 Å². The molecule has 3 saturated heterocycles. The van der Waals surface area contributed by atoms with Crippen molar-refractivity contribution in [2.75, 3.05) is 26.2 Å². The lowest BCUT2D eigenvalue weighted by Crippen LogP contribution is -2.46. The molecule has 1 aromatic heterocycles. The Labute approximate surface area is 185 Å². The average molecular weight is 450 g/mol. The summed E-state index contributed by atoms with van der Waals surface area (Å²) in [5.41, 5.74) is 0.909. The van der Waals surface area contributed by atoms with Gasteiger partial charge in [0.05, 0.1) is 18.6 Å². The van der Waals surface area contributed by atoms with Gasteiger partial charge in [0.2, 0.25) is 5.91 Å². The van der Waals surface area contributed by atoms with E-state index in [1.54, 1.807) is 4.90 Å². The molecule has 5 rings (SSSR count). The van der Waals surface area contributed by atoms with Crippen LogP contribution in [0.4, 0.5) is 13.6 Å². The Bertz CT molecular complexity index is 904. The number of likely N-dealkylation sites (tertiary alicyclic amines) is 2. The zero-order valence-electron chi connectivity index (χ0n) is 18.0. The van der Waals surface area contributed by atoms with Crippen molar-refractivity contribution < 1.29 is 23.1 Å². The van der Waals surface area contributed by atoms with Gasteiger partial charge in [-0.1, -0.05) is 12.5 Å². The van der Waals surface area contributed by atoms with Gasteiger partial charge in [0.15, 0.2) is 0 Å². The van der Waals surface area contributed by atoms with Crippen LogP contribution in [0.2, 0.25) is 0 Å². The molecule has 10 heteroatoms. The summed E-state index contributed by atoms with van der Waals surface area (Å²) in [7, 11) is 0. The first-order valence-corrected chi connectivity index (χ1v) is 11.5. The smallest absolute Gasteiger partial charge is 0.410 e. The molecule has 0 aromatic carbocycles. The Kier molecular flexibility index (Phi) is 5.88. The molecule has 0 radical (unpaired) electrons. The van der Waals surface area contributed by atoms with E-state index in [0.717, 1.165) is 48.7 Å². The number of nitrogens with zero attached hydrogens (tertiary/aromatic N) is 5. The molecule has 1 aromatic rings. The highest BCUT2D eigenvalue weighted by Crippen LogP contribution is 2.33. The average Bonchev–Trinajstić information content (AvgIpc) is 3.50. The van der Waals surface area contributed by atoms with Crippen LogP contribution in [0, 0.1) is 0 Å². The summed E-state index contributed by atoms with van der Waals surface area (Å²) in [5, 5.41) is 0. The van der Waals surface area contributed by atoms with Crippen molar-refractivity contribution in [3.63, 3.8) is 0 Å². The molecule has 1 unspecified atom stereocenters. The van der Waals surface area contributed by atoms with Gasteiger partial charge < -0.3 is 9.64 Å². The lowest BCUT2D eigenvalue weighted by atomic mass is 10.1. The van der Waals surface area contributed by atoms with Gasteiger partial charge in [-0.15, -0.1) is 0 Å². The molecule has 3 fully saturated rings.